The van der Waals surface area contributed by atoms with Gasteiger partial charge in [0, 0.05) is 17.8 Å². The largest absolute Gasteiger partial charge is 0.368 e. The van der Waals surface area contributed by atoms with Crippen molar-refractivity contribution in [3.05, 3.63) is 89.5 Å². The molecule has 35 heavy (non-hydrogen) atoms. The van der Waals surface area contributed by atoms with Crippen LogP contribution in [-0.4, -0.2) is 37.7 Å². The first kappa shape index (κ1) is 24.4. The lowest BCUT2D eigenvalue weighted by molar-refractivity contribution is -0.122. The highest BCUT2D eigenvalue weighted by Crippen LogP contribution is 2.22. The van der Waals surface area contributed by atoms with Crippen LogP contribution in [0.5, 0.6) is 0 Å². The van der Waals surface area contributed by atoms with Gasteiger partial charge in [0.1, 0.15) is 0 Å². The van der Waals surface area contributed by atoms with Crippen LogP contribution in [0.2, 0.25) is 0 Å². The van der Waals surface area contributed by atoms with Crippen LogP contribution >= 0.6 is 0 Å². The lowest BCUT2D eigenvalue weighted by Gasteiger charge is -2.22. The zero-order chi connectivity index (χ0) is 25.0. The second-order valence-electron chi connectivity index (χ2n) is 8.63. The highest BCUT2D eigenvalue weighted by atomic mass is 32.2. The Morgan fingerprint density at radius 2 is 1.77 bits per heavy atom. The number of benzene rings is 3. The predicted molar refractivity (Wildman–Crippen MR) is 135 cm³/mol. The number of primary amides is 1. The number of hydrogen-bond donors (Lipinski definition) is 3. The molecule has 0 saturated carbocycles. The molecule has 1 unspecified atom stereocenters. The Bertz CT molecular complexity index is 1340. The minimum absolute atomic E-state index is 0.0638. The highest BCUT2D eigenvalue weighted by Gasteiger charge is 2.28. The van der Waals surface area contributed by atoms with Crippen LogP contribution in [0.4, 0.5) is 11.4 Å². The van der Waals surface area contributed by atoms with E-state index in [1.807, 2.05) is 42.2 Å². The standard InChI is InChI=1S/C26H28N4O4S/c1-18-6-2-3-9-23(18)29-35(33,34)22-13-11-20(12-14-22)26(32)28-21-8-4-7-19(16-21)17-30-15-5-10-24(30)25(27)31/h2-4,6-9,11-14,16,24,29H,5,10,15,17H2,1H3,(H2,27,31)(H,28,32). The topological polar surface area (TPSA) is 122 Å². The maximum atomic E-state index is 12.8. The van der Waals surface area contributed by atoms with E-state index in [4.69, 9.17) is 5.73 Å². The van der Waals surface area contributed by atoms with E-state index in [-0.39, 0.29) is 22.8 Å². The van der Waals surface area contributed by atoms with Crippen LogP contribution in [0.1, 0.15) is 34.3 Å². The molecule has 4 N–H and O–H groups in total. The summed E-state index contributed by atoms with van der Waals surface area (Å²) in [5.74, 6) is -0.666. The second-order valence-corrected chi connectivity index (χ2v) is 10.3. The fourth-order valence-corrected chi connectivity index (χ4v) is 5.33. The van der Waals surface area contributed by atoms with E-state index < -0.39 is 10.0 Å². The summed E-state index contributed by atoms with van der Waals surface area (Å²) in [6, 6.07) is 20.0. The summed E-state index contributed by atoms with van der Waals surface area (Å²) < 4.78 is 28.0. The van der Waals surface area contributed by atoms with Crippen molar-refractivity contribution in [2.24, 2.45) is 5.73 Å². The number of carbonyl (C=O) groups excluding carboxylic acids is 2. The van der Waals surface area contributed by atoms with E-state index in [1.165, 1.54) is 24.3 Å². The minimum Gasteiger partial charge on any atom is -0.368 e. The van der Waals surface area contributed by atoms with Crippen molar-refractivity contribution >= 4 is 33.2 Å². The molecule has 0 spiro atoms. The van der Waals surface area contributed by atoms with Gasteiger partial charge >= 0.3 is 0 Å². The summed E-state index contributed by atoms with van der Waals surface area (Å²) >= 11 is 0. The quantitative estimate of drug-likeness (QED) is 0.444. The van der Waals surface area contributed by atoms with E-state index in [0.29, 0.717) is 23.5 Å². The molecule has 1 fully saturated rings. The van der Waals surface area contributed by atoms with Gasteiger partial charge < -0.3 is 11.1 Å². The lowest BCUT2D eigenvalue weighted by atomic mass is 10.1. The molecule has 9 heteroatoms. The monoisotopic (exact) mass is 492 g/mol. The molecule has 0 radical (unpaired) electrons. The molecule has 1 aliphatic rings. The number of nitrogens with one attached hydrogen (secondary N) is 2. The van der Waals surface area contributed by atoms with Crippen molar-refractivity contribution in [2.45, 2.75) is 37.2 Å². The summed E-state index contributed by atoms with van der Waals surface area (Å²) in [7, 11) is -3.78. The predicted octanol–water partition coefficient (Wildman–Crippen LogP) is 3.50. The average molecular weight is 493 g/mol. The lowest BCUT2D eigenvalue weighted by Crippen LogP contribution is -2.39. The number of para-hydroxylation sites is 1. The van der Waals surface area contributed by atoms with Gasteiger partial charge in [0.05, 0.1) is 16.6 Å². The number of aryl methyl sites for hydroxylation is 1. The third kappa shape index (κ3) is 5.87. The fourth-order valence-electron chi connectivity index (χ4n) is 4.20. The van der Waals surface area contributed by atoms with Gasteiger partial charge in [-0.25, -0.2) is 8.42 Å². The smallest absolute Gasteiger partial charge is 0.261 e. The van der Waals surface area contributed by atoms with Gasteiger partial charge in [-0.3, -0.25) is 19.2 Å². The maximum absolute atomic E-state index is 12.8. The van der Waals surface area contributed by atoms with Gasteiger partial charge in [-0.15, -0.1) is 0 Å². The molecular formula is C26H28N4O4S. The SMILES string of the molecule is Cc1ccccc1NS(=O)(=O)c1ccc(C(=O)Nc2cccc(CN3CCCC3C(N)=O)c2)cc1. The van der Waals surface area contributed by atoms with Crippen molar-refractivity contribution in [3.63, 3.8) is 0 Å². The molecule has 1 saturated heterocycles. The number of carbonyl (C=O) groups is 2. The molecule has 8 nitrogen and oxygen atoms in total. The molecular weight excluding hydrogens is 464 g/mol. The molecule has 2 amide bonds. The number of hydrogen-bond acceptors (Lipinski definition) is 5. The fraction of sp³-hybridized carbons (Fsp3) is 0.231. The van der Waals surface area contributed by atoms with Crippen LogP contribution in [0.3, 0.4) is 0 Å². The third-order valence-electron chi connectivity index (χ3n) is 6.08. The van der Waals surface area contributed by atoms with Crippen molar-refractivity contribution in [2.75, 3.05) is 16.6 Å². The van der Waals surface area contributed by atoms with E-state index in [2.05, 4.69) is 10.0 Å². The van der Waals surface area contributed by atoms with Crippen molar-refractivity contribution < 1.29 is 18.0 Å². The summed E-state index contributed by atoms with van der Waals surface area (Å²) in [6.07, 6.45) is 1.69. The molecule has 4 rings (SSSR count). The summed E-state index contributed by atoms with van der Waals surface area (Å²) in [4.78, 5) is 26.5. The summed E-state index contributed by atoms with van der Waals surface area (Å²) in [5, 5.41) is 2.85. The first-order valence-electron chi connectivity index (χ1n) is 11.3. The normalized spacial score (nSPS) is 16.1. The van der Waals surface area contributed by atoms with Crippen LogP contribution in [0.25, 0.3) is 0 Å². The number of sulfonamides is 1. The van der Waals surface area contributed by atoms with E-state index in [0.717, 1.165) is 30.5 Å². The molecule has 1 heterocycles. The first-order chi connectivity index (χ1) is 16.7. The highest BCUT2D eigenvalue weighted by molar-refractivity contribution is 7.92. The Hall–Kier alpha value is -3.69. The Morgan fingerprint density at radius 1 is 1.03 bits per heavy atom. The van der Waals surface area contributed by atoms with Crippen molar-refractivity contribution in [1.29, 1.82) is 0 Å². The van der Waals surface area contributed by atoms with Crippen LogP contribution in [0, 0.1) is 6.92 Å². The van der Waals surface area contributed by atoms with E-state index in [9.17, 15) is 18.0 Å². The maximum Gasteiger partial charge on any atom is 0.261 e. The molecule has 0 aliphatic carbocycles. The van der Waals surface area contributed by atoms with Gasteiger partial charge in [-0.2, -0.15) is 0 Å². The average Bonchev–Trinajstić information content (AvgIpc) is 3.29. The van der Waals surface area contributed by atoms with Gasteiger partial charge in [0.2, 0.25) is 5.91 Å². The Balaban J connectivity index is 1.42. The van der Waals surface area contributed by atoms with Gasteiger partial charge in [-0.1, -0.05) is 30.3 Å². The molecule has 182 valence electrons. The summed E-state index contributed by atoms with van der Waals surface area (Å²) in [5.41, 5.74) is 8.72. The minimum atomic E-state index is -3.78. The summed E-state index contributed by atoms with van der Waals surface area (Å²) in [6.45, 7) is 3.19. The van der Waals surface area contributed by atoms with Crippen LogP contribution < -0.4 is 15.8 Å². The van der Waals surface area contributed by atoms with Crippen molar-refractivity contribution in [1.82, 2.24) is 4.90 Å². The molecule has 1 atom stereocenters. The number of likely N-dealkylation sites (tertiary alicyclic amines) is 1. The Morgan fingerprint density at radius 3 is 2.49 bits per heavy atom. The zero-order valence-corrected chi connectivity index (χ0v) is 20.2. The van der Waals surface area contributed by atoms with Gasteiger partial charge in [0.25, 0.3) is 15.9 Å². The second kappa shape index (κ2) is 10.3. The number of nitrogens with zero attached hydrogens (tertiary/aromatic N) is 1. The first-order valence-corrected chi connectivity index (χ1v) is 12.8. The molecule has 3 aromatic rings. The van der Waals surface area contributed by atoms with Gasteiger partial charge in [-0.05, 0) is 79.9 Å². The molecule has 0 bridgehead atoms. The molecule has 0 aromatic heterocycles. The van der Waals surface area contributed by atoms with E-state index in [1.54, 1.807) is 18.2 Å². The number of anilines is 2. The van der Waals surface area contributed by atoms with Crippen LogP contribution in [0.15, 0.2) is 77.7 Å². The van der Waals surface area contributed by atoms with Gasteiger partial charge in [0.15, 0.2) is 0 Å². The van der Waals surface area contributed by atoms with Crippen molar-refractivity contribution in [3.8, 4) is 0 Å². The molecule has 3 aromatic carbocycles. The Labute approximate surface area is 205 Å². The number of amides is 2. The number of rotatable bonds is 8. The zero-order valence-electron chi connectivity index (χ0n) is 19.4. The van der Waals surface area contributed by atoms with Crippen LogP contribution in [-0.2, 0) is 21.4 Å². The number of nitrogens with two attached hydrogens (primary N) is 1. The Kier molecular flexibility index (Phi) is 7.18. The molecule has 1 aliphatic heterocycles. The third-order valence-corrected chi connectivity index (χ3v) is 7.46. The van der Waals surface area contributed by atoms with E-state index >= 15 is 0 Å².